The molecule has 2 N–H and O–H groups in total. The number of benzene rings is 5. The molecule has 1 aromatic heterocycles. The highest BCUT2D eigenvalue weighted by Crippen LogP contribution is 2.38. The van der Waals surface area contributed by atoms with E-state index in [4.69, 9.17) is 37.4 Å². The van der Waals surface area contributed by atoms with Crippen molar-refractivity contribution < 1.29 is 23.8 Å². The largest absolute Gasteiger partial charge is 0.497 e. The summed E-state index contributed by atoms with van der Waals surface area (Å²) in [7, 11) is 1.59. The second-order valence-corrected chi connectivity index (χ2v) is 12.0. The van der Waals surface area contributed by atoms with Crippen molar-refractivity contribution in [2.45, 2.75) is 13.2 Å². The third-order valence-corrected chi connectivity index (χ3v) is 8.35. The standard InChI is InChI=1S/C38H27Cl2N5O5/c1-48-27-16-14-26(15-17-27)41-30-18-19-31(33-32(30)34(46)28-4-2-3-5-29(28)35(33)47)42-36-43-37(49-20-22-6-10-24(39)11-7-22)45-38(44-36)50-21-23-8-12-25(40)13-9-23/h2-19,41H,20-21H2,1H3,(H,42,43,44,45). The van der Waals surface area contributed by atoms with Crippen molar-refractivity contribution in [3.63, 3.8) is 0 Å². The quantitative estimate of drug-likeness (QED) is 0.135. The number of fused-ring (bicyclic) bond motifs is 2. The lowest BCUT2D eigenvalue weighted by Crippen LogP contribution is -2.23. The van der Waals surface area contributed by atoms with E-state index in [1.807, 2.05) is 36.4 Å². The van der Waals surface area contributed by atoms with Gasteiger partial charge in [-0.3, -0.25) is 9.59 Å². The third kappa shape index (κ3) is 7.07. The Morgan fingerprint density at radius 3 is 1.54 bits per heavy atom. The number of anilines is 4. The third-order valence-electron chi connectivity index (χ3n) is 7.85. The molecule has 0 fully saturated rings. The molecule has 10 nitrogen and oxygen atoms in total. The first kappa shape index (κ1) is 32.6. The summed E-state index contributed by atoms with van der Waals surface area (Å²) in [5, 5.41) is 7.63. The molecule has 0 spiro atoms. The normalized spacial score (nSPS) is 11.7. The molecule has 1 heterocycles. The van der Waals surface area contributed by atoms with Gasteiger partial charge in [-0.1, -0.05) is 71.7 Å². The summed E-state index contributed by atoms with van der Waals surface area (Å²) in [6.45, 7) is 0.282. The lowest BCUT2D eigenvalue weighted by molar-refractivity contribution is 0.0980. The first-order valence-corrected chi connectivity index (χ1v) is 16.1. The van der Waals surface area contributed by atoms with Crippen LogP contribution in [0.3, 0.4) is 0 Å². The van der Waals surface area contributed by atoms with Crippen LogP contribution in [0.15, 0.2) is 109 Å². The summed E-state index contributed by atoms with van der Waals surface area (Å²) in [5.41, 5.74) is 4.14. The highest BCUT2D eigenvalue weighted by molar-refractivity contribution is 6.32. The number of carbonyl (C=O) groups excluding carboxylic acids is 2. The highest BCUT2D eigenvalue weighted by Gasteiger charge is 2.34. The summed E-state index contributed by atoms with van der Waals surface area (Å²) >= 11 is 12.1. The molecular weight excluding hydrogens is 677 g/mol. The Morgan fingerprint density at radius 1 is 0.580 bits per heavy atom. The van der Waals surface area contributed by atoms with E-state index < -0.39 is 0 Å². The van der Waals surface area contributed by atoms with Gasteiger partial charge in [-0.2, -0.15) is 9.97 Å². The van der Waals surface area contributed by atoms with Gasteiger partial charge in [-0.15, -0.1) is 4.98 Å². The zero-order valence-electron chi connectivity index (χ0n) is 26.4. The number of halogens is 2. The van der Waals surface area contributed by atoms with Crippen molar-refractivity contribution in [3.8, 4) is 17.8 Å². The van der Waals surface area contributed by atoms with Gasteiger partial charge in [-0.05, 0) is 71.8 Å². The van der Waals surface area contributed by atoms with Crippen molar-refractivity contribution in [2.75, 3.05) is 17.7 Å². The summed E-state index contributed by atoms with van der Waals surface area (Å²) < 4.78 is 17.1. The van der Waals surface area contributed by atoms with Gasteiger partial charge in [-0.25, -0.2) is 0 Å². The first-order chi connectivity index (χ1) is 24.3. The van der Waals surface area contributed by atoms with Gasteiger partial charge in [0.2, 0.25) is 5.95 Å². The van der Waals surface area contributed by atoms with Crippen LogP contribution in [0.5, 0.6) is 17.8 Å². The maximum atomic E-state index is 14.1. The van der Waals surface area contributed by atoms with Gasteiger partial charge < -0.3 is 24.8 Å². The van der Waals surface area contributed by atoms with E-state index in [1.54, 1.807) is 79.9 Å². The predicted molar refractivity (Wildman–Crippen MR) is 191 cm³/mol. The fourth-order valence-electron chi connectivity index (χ4n) is 5.36. The van der Waals surface area contributed by atoms with Gasteiger partial charge in [0.05, 0.1) is 29.6 Å². The minimum Gasteiger partial charge on any atom is -0.497 e. The second-order valence-electron chi connectivity index (χ2n) is 11.1. The van der Waals surface area contributed by atoms with Gasteiger partial charge >= 0.3 is 12.0 Å². The second kappa shape index (κ2) is 14.3. The van der Waals surface area contributed by atoms with E-state index in [-0.39, 0.29) is 53.9 Å². The van der Waals surface area contributed by atoms with E-state index in [1.165, 1.54) is 0 Å². The van der Waals surface area contributed by atoms with E-state index in [2.05, 4.69) is 25.6 Å². The molecule has 0 aliphatic heterocycles. The maximum Gasteiger partial charge on any atom is 0.324 e. The zero-order chi connectivity index (χ0) is 34.6. The van der Waals surface area contributed by atoms with E-state index in [0.29, 0.717) is 44.0 Å². The van der Waals surface area contributed by atoms with E-state index in [9.17, 15) is 9.59 Å². The number of nitrogens with one attached hydrogen (secondary N) is 2. The number of rotatable bonds is 11. The minimum atomic E-state index is -0.330. The van der Waals surface area contributed by atoms with Crippen LogP contribution < -0.4 is 24.8 Å². The molecule has 0 atom stereocenters. The molecule has 1 aliphatic rings. The van der Waals surface area contributed by atoms with E-state index in [0.717, 1.165) is 11.1 Å². The Hall–Kier alpha value is -5.97. The highest BCUT2D eigenvalue weighted by atomic mass is 35.5. The van der Waals surface area contributed by atoms with Gasteiger partial charge in [0.1, 0.15) is 19.0 Å². The molecule has 50 heavy (non-hydrogen) atoms. The molecular formula is C38H27Cl2N5O5. The molecule has 0 saturated carbocycles. The molecule has 12 heteroatoms. The lowest BCUT2D eigenvalue weighted by Gasteiger charge is -2.23. The molecule has 248 valence electrons. The van der Waals surface area contributed by atoms with Gasteiger partial charge in [0, 0.05) is 26.9 Å². The zero-order valence-corrected chi connectivity index (χ0v) is 28.0. The Bertz CT molecular complexity index is 2140. The van der Waals surface area contributed by atoms with Crippen molar-refractivity contribution in [2.24, 2.45) is 0 Å². The Balaban J connectivity index is 1.25. The van der Waals surface area contributed by atoms with Gasteiger partial charge in [0.25, 0.3) is 0 Å². The number of carbonyl (C=O) groups is 2. The van der Waals surface area contributed by atoms with Crippen LogP contribution in [0.25, 0.3) is 0 Å². The van der Waals surface area contributed by atoms with E-state index >= 15 is 0 Å². The number of hydrogen-bond acceptors (Lipinski definition) is 10. The average molecular weight is 705 g/mol. The number of aromatic nitrogens is 3. The number of hydrogen-bond donors (Lipinski definition) is 2. The van der Waals surface area contributed by atoms with Crippen LogP contribution in [0.1, 0.15) is 43.0 Å². The Labute approximate surface area is 297 Å². The topological polar surface area (TPSA) is 125 Å². The van der Waals surface area contributed by atoms with Crippen molar-refractivity contribution in [3.05, 3.63) is 153 Å². The van der Waals surface area contributed by atoms with Crippen molar-refractivity contribution >= 4 is 57.8 Å². The smallest absolute Gasteiger partial charge is 0.324 e. The fraction of sp³-hybridized carbons (Fsp3) is 0.0789. The summed E-state index contributed by atoms with van der Waals surface area (Å²) in [6, 6.07) is 31.7. The monoisotopic (exact) mass is 703 g/mol. The van der Waals surface area contributed by atoms with Gasteiger partial charge in [0.15, 0.2) is 11.6 Å². The molecule has 0 amide bonds. The Morgan fingerprint density at radius 2 is 1.06 bits per heavy atom. The average Bonchev–Trinajstić information content (AvgIpc) is 3.14. The number of ether oxygens (including phenoxy) is 3. The molecule has 0 radical (unpaired) electrons. The molecule has 0 saturated heterocycles. The number of ketones is 2. The molecule has 5 aromatic carbocycles. The first-order valence-electron chi connectivity index (χ1n) is 15.4. The molecule has 6 aromatic rings. The molecule has 0 unspecified atom stereocenters. The summed E-state index contributed by atoms with van der Waals surface area (Å²) in [4.78, 5) is 41.4. The molecule has 7 rings (SSSR count). The predicted octanol–water partition coefficient (Wildman–Crippen LogP) is 8.61. The summed E-state index contributed by atoms with van der Waals surface area (Å²) in [5.74, 6) is 0.0881. The van der Waals surface area contributed by atoms with Crippen LogP contribution >= 0.6 is 23.2 Å². The lowest BCUT2D eigenvalue weighted by atomic mass is 9.82. The van der Waals surface area contributed by atoms with Crippen molar-refractivity contribution in [1.29, 1.82) is 0 Å². The fourth-order valence-corrected chi connectivity index (χ4v) is 5.61. The Kier molecular flexibility index (Phi) is 9.28. The SMILES string of the molecule is COc1ccc(Nc2ccc(Nc3nc(OCc4ccc(Cl)cc4)nc(OCc4ccc(Cl)cc4)n3)c3c2C(=O)c2ccccc2C3=O)cc1. The van der Waals surface area contributed by atoms with Crippen LogP contribution in [-0.4, -0.2) is 33.6 Å². The number of nitrogens with zero attached hydrogens (tertiary/aromatic N) is 3. The van der Waals surface area contributed by atoms with Crippen molar-refractivity contribution in [1.82, 2.24) is 15.0 Å². The molecule has 0 bridgehead atoms. The van der Waals surface area contributed by atoms with Crippen LogP contribution in [0.2, 0.25) is 10.0 Å². The van der Waals surface area contributed by atoms with Crippen LogP contribution in [0.4, 0.5) is 23.0 Å². The molecule has 1 aliphatic carbocycles. The minimum absolute atomic E-state index is 0.0250. The van der Waals surface area contributed by atoms with Crippen LogP contribution in [0, 0.1) is 0 Å². The summed E-state index contributed by atoms with van der Waals surface area (Å²) in [6.07, 6.45) is 0. The maximum absolute atomic E-state index is 14.1. The number of methoxy groups -OCH3 is 1. The van der Waals surface area contributed by atoms with Crippen LogP contribution in [-0.2, 0) is 13.2 Å².